The number of nitrogens with zero attached hydrogens (tertiary/aromatic N) is 2. The van der Waals surface area contributed by atoms with Crippen molar-refractivity contribution in [3.05, 3.63) is 75.2 Å². The molecule has 3 rings (SSSR count). The van der Waals surface area contributed by atoms with Crippen LogP contribution < -0.4 is 4.80 Å². The fourth-order valence-electron chi connectivity index (χ4n) is 2.51. The third kappa shape index (κ3) is 4.84. The molecule has 4 nitrogen and oxygen atoms in total. The molecular formula is C20H18F4N2O2S. The molecule has 2 aromatic heterocycles. The molecule has 0 aliphatic rings. The Bertz CT molecular complexity index is 1090. The summed E-state index contributed by atoms with van der Waals surface area (Å²) >= 11 is 1.22. The lowest BCUT2D eigenvalue weighted by atomic mass is 9.95. The molecule has 0 bridgehead atoms. The van der Waals surface area contributed by atoms with Crippen LogP contribution in [0, 0.1) is 5.82 Å². The number of alkyl halides is 3. The fraction of sp³-hybridized carbons (Fsp3) is 0.300. The van der Waals surface area contributed by atoms with Crippen LogP contribution in [-0.4, -0.2) is 10.5 Å². The van der Waals surface area contributed by atoms with Gasteiger partial charge in [-0.05, 0) is 35.7 Å². The molecule has 0 spiro atoms. The van der Waals surface area contributed by atoms with Crippen molar-refractivity contribution in [2.75, 3.05) is 0 Å². The van der Waals surface area contributed by atoms with Crippen LogP contribution in [0.25, 0.3) is 0 Å². The van der Waals surface area contributed by atoms with E-state index in [1.165, 1.54) is 17.6 Å². The first-order valence-electron chi connectivity index (χ1n) is 8.64. The first-order chi connectivity index (χ1) is 13.4. The summed E-state index contributed by atoms with van der Waals surface area (Å²) < 4.78 is 59.8. The quantitative estimate of drug-likeness (QED) is 0.528. The number of thiazole rings is 1. The summed E-state index contributed by atoms with van der Waals surface area (Å²) in [5.41, 5.74) is -2.08. The molecule has 0 aliphatic heterocycles. The van der Waals surface area contributed by atoms with Crippen LogP contribution in [-0.2, 0) is 18.1 Å². The van der Waals surface area contributed by atoms with Crippen molar-refractivity contribution in [3.63, 3.8) is 0 Å². The summed E-state index contributed by atoms with van der Waals surface area (Å²) in [4.78, 5) is 17.6. The highest BCUT2D eigenvalue weighted by molar-refractivity contribution is 7.09. The Kier molecular flexibility index (Phi) is 5.53. The van der Waals surface area contributed by atoms with Gasteiger partial charge in [0.2, 0.25) is 0 Å². The largest absolute Gasteiger partial charge is 0.467 e. The standard InChI is InChI=1S/C20H18F4N2O2S/c1-19(2,3)16-11-26(10-13-5-4-8-28-13)18(29-16)25-17(27)14-9-12(20(22,23)24)6-7-15(14)21/h4-9,11H,10H2,1-3H3/b25-18-. The lowest BCUT2D eigenvalue weighted by Crippen LogP contribution is -2.17. The third-order valence-corrected chi connectivity index (χ3v) is 5.53. The van der Waals surface area contributed by atoms with E-state index in [4.69, 9.17) is 4.42 Å². The van der Waals surface area contributed by atoms with E-state index in [0.717, 1.165) is 4.88 Å². The fourth-order valence-corrected chi connectivity index (χ4v) is 3.56. The van der Waals surface area contributed by atoms with E-state index in [0.29, 0.717) is 24.0 Å². The minimum Gasteiger partial charge on any atom is -0.467 e. The Balaban J connectivity index is 2.07. The molecule has 9 heteroatoms. The number of carbonyl (C=O) groups is 1. The molecule has 0 saturated heterocycles. The molecule has 0 saturated carbocycles. The van der Waals surface area contributed by atoms with Crippen LogP contribution in [0.15, 0.2) is 52.2 Å². The number of hydrogen-bond donors (Lipinski definition) is 0. The van der Waals surface area contributed by atoms with Gasteiger partial charge in [-0.2, -0.15) is 18.2 Å². The zero-order chi connectivity index (χ0) is 21.4. The maximum absolute atomic E-state index is 14.0. The lowest BCUT2D eigenvalue weighted by Gasteiger charge is -2.14. The highest BCUT2D eigenvalue weighted by Crippen LogP contribution is 2.30. The van der Waals surface area contributed by atoms with Crippen molar-refractivity contribution in [2.45, 2.75) is 38.9 Å². The van der Waals surface area contributed by atoms with Crippen LogP contribution in [0.3, 0.4) is 0 Å². The minimum absolute atomic E-state index is 0.242. The van der Waals surface area contributed by atoms with E-state index in [-0.39, 0.29) is 16.8 Å². The summed E-state index contributed by atoms with van der Waals surface area (Å²) in [7, 11) is 0. The van der Waals surface area contributed by atoms with Crippen molar-refractivity contribution in [1.29, 1.82) is 0 Å². The van der Waals surface area contributed by atoms with Gasteiger partial charge in [-0.25, -0.2) is 4.39 Å². The first-order valence-corrected chi connectivity index (χ1v) is 9.46. The Morgan fingerprint density at radius 1 is 1.21 bits per heavy atom. The van der Waals surface area contributed by atoms with E-state index < -0.39 is 29.0 Å². The lowest BCUT2D eigenvalue weighted by molar-refractivity contribution is -0.137. The van der Waals surface area contributed by atoms with Gasteiger partial charge in [0, 0.05) is 11.1 Å². The van der Waals surface area contributed by atoms with E-state index in [2.05, 4.69) is 4.99 Å². The van der Waals surface area contributed by atoms with Gasteiger partial charge in [-0.15, -0.1) is 11.3 Å². The average Bonchev–Trinajstić information content (AvgIpc) is 3.24. The number of rotatable bonds is 3. The number of hydrogen-bond acceptors (Lipinski definition) is 3. The predicted octanol–water partition coefficient (Wildman–Crippen LogP) is 5.39. The van der Waals surface area contributed by atoms with Crippen LogP contribution in [0.5, 0.6) is 0 Å². The van der Waals surface area contributed by atoms with Crippen molar-refractivity contribution in [2.24, 2.45) is 4.99 Å². The number of benzene rings is 1. The molecule has 1 aromatic carbocycles. The molecule has 0 fully saturated rings. The smallest absolute Gasteiger partial charge is 0.416 e. The maximum atomic E-state index is 14.0. The van der Waals surface area contributed by atoms with E-state index >= 15 is 0 Å². The normalized spacial score (nSPS) is 13.1. The predicted molar refractivity (Wildman–Crippen MR) is 100 cm³/mol. The second-order valence-electron chi connectivity index (χ2n) is 7.44. The molecule has 29 heavy (non-hydrogen) atoms. The van der Waals surface area contributed by atoms with Gasteiger partial charge in [0.15, 0.2) is 4.80 Å². The number of halogens is 4. The van der Waals surface area contributed by atoms with Gasteiger partial charge in [0.05, 0.1) is 23.9 Å². The Labute approximate surface area is 168 Å². The molecule has 1 amide bonds. The van der Waals surface area contributed by atoms with Crippen LogP contribution in [0.2, 0.25) is 0 Å². The molecule has 0 radical (unpaired) electrons. The highest BCUT2D eigenvalue weighted by Gasteiger charge is 2.32. The van der Waals surface area contributed by atoms with Crippen LogP contribution in [0.4, 0.5) is 17.6 Å². The van der Waals surface area contributed by atoms with Crippen LogP contribution >= 0.6 is 11.3 Å². The summed E-state index contributed by atoms with van der Waals surface area (Å²) in [6.07, 6.45) is -1.38. The van der Waals surface area contributed by atoms with Crippen LogP contribution in [0.1, 0.15) is 47.3 Å². The summed E-state index contributed by atoms with van der Waals surface area (Å²) in [6.45, 7) is 6.22. The highest BCUT2D eigenvalue weighted by atomic mass is 32.1. The molecule has 0 atom stereocenters. The molecule has 0 aliphatic carbocycles. The van der Waals surface area contributed by atoms with Crippen molar-refractivity contribution in [3.8, 4) is 0 Å². The molecular weight excluding hydrogens is 408 g/mol. The molecule has 0 unspecified atom stereocenters. The Hall–Kier alpha value is -2.68. The van der Waals surface area contributed by atoms with Gasteiger partial charge in [0.25, 0.3) is 5.91 Å². The summed E-state index contributed by atoms with van der Waals surface area (Å²) in [6, 6.07) is 5.16. The zero-order valence-electron chi connectivity index (χ0n) is 15.9. The molecule has 2 heterocycles. The number of carbonyl (C=O) groups excluding carboxylic acids is 1. The Morgan fingerprint density at radius 3 is 2.52 bits per heavy atom. The topological polar surface area (TPSA) is 47.5 Å². The van der Waals surface area contributed by atoms with E-state index in [1.54, 1.807) is 16.7 Å². The summed E-state index contributed by atoms with van der Waals surface area (Å²) in [5, 5.41) is 0. The van der Waals surface area contributed by atoms with E-state index in [1.807, 2.05) is 27.0 Å². The molecule has 0 N–H and O–H groups in total. The van der Waals surface area contributed by atoms with E-state index in [9.17, 15) is 22.4 Å². The first kappa shape index (κ1) is 21.0. The van der Waals surface area contributed by atoms with Gasteiger partial charge in [0.1, 0.15) is 11.6 Å². The van der Waals surface area contributed by atoms with Gasteiger partial charge in [-0.1, -0.05) is 20.8 Å². The van der Waals surface area contributed by atoms with Crippen molar-refractivity contribution in [1.82, 2.24) is 4.57 Å². The average molecular weight is 426 g/mol. The number of amides is 1. The van der Waals surface area contributed by atoms with Crippen molar-refractivity contribution >= 4 is 17.2 Å². The molecule has 3 aromatic rings. The Morgan fingerprint density at radius 2 is 1.93 bits per heavy atom. The number of aromatic nitrogens is 1. The minimum atomic E-state index is -4.69. The van der Waals surface area contributed by atoms with Gasteiger partial charge in [-0.3, -0.25) is 4.79 Å². The third-order valence-electron chi connectivity index (χ3n) is 4.09. The number of furan rings is 1. The molecule has 154 valence electrons. The maximum Gasteiger partial charge on any atom is 0.416 e. The second kappa shape index (κ2) is 7.62. The van der Waals surface area contributed by atoms with Crippen molar-refractivity contribution < 1.29 is 26.8 Å². The summed E-state index contributed by atoms with van der Waals surface area (Å²) in [5.74, 6) is -1.52. The second-order valence-corrected chi connectivity index (χ2v) is 8.45. The zero-order valence-corrected chi connectivity index (χ0v) is 16.7. The van der Waals surface area contributed by atoms with Gasteiger partial charge >= 0.3 is 6.18 Å². The SMILES string of the molecule is CC(C)(C)c1cn(Cc2ccco2)/c(=N/C(=O)c2cc(C(F)(F)F)ccc2F)s1. The van der Waals surface area contributed by atoms with Gasteiger partial charge < -0.3 is 8.98 Å². The monoisotopic (exact) mass is 426 g/mol.